The van der Waals surface area contributed by atoms with E-state index >= 15 is 0 Å². The van der Waals surface area contributed by atoms with E-state index in [-0.39, 0.29) is 0 Å². The van der Waals surface area contributed by atoms with Crippen molar-refractivity contribution >= 4 is 24.4 Å². The maximum atomic E-state index is 2.37. The van der Waals surface area contributed by atoms with Crippen molar-refractivity contribution < 1.29 is 0 Å². The second-order valence-electron chi connectivity index (χ2n) is 8.34. The summed E-state index contributed by atoms with van der Waals surface area (Å²) in [6.45, 7) is 0. The van der Waals surface area contributed by atoms with Crippen LogP contribution in [0.2, 0.25) is 0 Å². The van der Waals surface area contributed by atoms with Crippen molar-refractivity contribution in [3.8, 4) is 11.1 Å². The Morgan fingerprint density at radius 3 is 1.28 bits per heavy atom. The minimum Gasteiger partial charge on any atom is -0.0624 e. The van der Waals surface area contributed by atoms with Crippen LogP contribution >= 0.6 is 0 Å². The molecule has 1 aliphatic rings. The van der Waals surface area contributed by atoms with Crippen LogP contribution in [0.25, 0.3) is 11.1 Å². The van der Waals surface area contributed by atoms with E-state index in [1.807, 2.05) is 0 Å². The summed E-state index contributed by atoms with van der Waals surface area (Å²) >= 11 is 0. The lowest BCUT2D eigenvalue weighted by molar-refractivity contribution is 1.02. The third-order valence-corrected chi connectivity index (χ3v) is 9.22. The van der Waals surface area contributed by atoms with Gasteiger partial charge < -0.3 is 0 Å². The van der Waals surface area contributed by atoms with Crippen LogP contribution in [0.5, 0.6) is 0 Å². The van der Waals surface area contributed by atoms with E-state index in [4.69, 9.17) is 0 Å². The lowest BCUT2D eigenvalue weighted by Gasteiger charge is -2.19. The predicted octanol–water partition coefficient (Wildman–Crippen LogP) is 5.36. The Labute approximate surface area is 191 Å². The first-order chi connectivity index (χ1) is 15.9. The van der Waals surface area contributed by atoms with Crippen molar-refractivity contribution in [2.24, 2.45) is 0 Å². The number of hydrogen-bond donors (Lipinski definition) is 0. The molecule has 0 bridgehead atoms. The Balaban J connectivity index is 1.44. The number of fused-ring (bicyclic) bond motifs is 3. The fraction of sp³-hybridized carbons (Fsp3) is 0.0323. The Hall–Kier alpha value is -3.68. The van der Waals surface area contributed by atoms with Gasteiger partial charge in [-0.1, -0.05) is 149 Å². The molecule has 1 aliphatic carbocycles. The van der Waals surface area contributed by atoms with Gasteiger partial charge in [0.25, 0.3) is 0 Å². The summed E-state index contributed by atoms with van der Waals surface area (Å²) in [4.78, 5) is 0. The molecular weight excluding hydrogens is 400 g/mol. The minimum atomic E-state index is -1.04. The molecule has 0 N–H and O–H groups in total. The zero-order chi connectivity index (χ0) is 21.3. The van der Waals surface area contributed by atoms with Crippen molar-refractivity contribution in [2.45, 2.75) is 5.92 Å². The van der Waals surface area contributed by atoms with Gasteiger partial charge in [-0.05, 0) is 27.8 Å². The average Bonchev–Trinajstić information content (AvgIpc) is 3.21. The van der Waals surface area contributed by atoms with Crippen LogP contribution in [0.1, 0.15) is 22.6 Å². The Morgan fingerprint density at radius 1 is 0.375 bits per heavy atom. The summed E-state index contributed by atoms with van der Waals surface area (Å²) in [6.07, 6.45) is 0. The van der Waals surface area contributed by atoms with Crippen molar-refractivity contribution in [1.82, 2.24) is 0 Å². The van der Waals surface area contributed by atoms with Crippen LogP contribution in [-0.4, -0.2) is 8.80 Å². The van der Waals surface area contributed by atoms with Crippen molar-refractivity contribution in [3.05, 3.63) is 150 Å². The quantitative estimate of drug-likeness (QED) is 0.264. The van der Waals surface area contributed by atoms with Crippen LogP contribution in [0.3, 0.4) is 0 Å². The highest BCUT2D eigenvalue weighted by molar-refractivity contribution is 6.95. The summed E-state index contributed by atoms with van der Waals surface area (Å²) in [5, 5.41) is 4.27. The van der Waals surface area contributed by atoms with E-state index < -0.39 is 8.80 Å². The zero-order valence-electron chi connectivity index (χ0n) is 17.8. The molecule has 0 spiro atoms. The van der Waals surface area contributed by atoms with Crippen LogP contribution in [0.4, 0.5) is 0 Å². The fourth-order valence-corrected chi connectivity index (χ4v) is 7.62. The molecule has 0 aromatic heterocycles. The van der Waals surface area contributed by atoms with Crippen LogP contribution < -0.4 is 15.6 Å². The van der Waals surface area contributed by atoms with Gasteiger partial charge in [0, 0.05) is 5.92 Å². The highest BCUT2D eigenvalue weighted by atomic mass is 28.3. The molecular formula is C31H23Si. The van der Waals surface area contributed by atoms with Crippen molar-refractivity contribution in [3.63, 3.8) is 0 Å². The molecule has 0 heterocycles. The summed E-state index contributed by atoms with van der Waals surface area (Å²) in [6, 6.07) is 49.1. The molecule has 5 aromatic rings. The zero-order valence-corrected chi connectivity index (χ0v) is 18.8. The second kappa shape index (κ2) is 8.10. The van der Waals surface area contributed by atoms with Gasteiger partial charge in [0.15, 0.2) is 8.80 Å². The van der Waals surface area contributed by atoms with Crippen LogP contribution in [-0.2, 0) is 0 Å². The molecule has 0 unspecified atom stereocenters. The highest BCUT2D eigenvalue weighted by Gasteiger charge is 2.29. The van der Waals surface area contributed by atoms with E-state index in [0.717, 1.165) is 0 Å². The summed E-state index contributed by atoms with van der Waals surface area (Å²) < 4.78 is 0. The van der Waals surface area contributed by atoms with Crippen LogP contribution in [0.15, 0.2) is 133 Å². The third kappa shape index (κ3) is 3.23. The molecule has 0 saturated heterocycles. The number of benzene rings is 5. The molecule has 6 rings (SSSR count). The van der Waals surface area contributed by atoms with E-state index in [1.165, 1.54) is 43.4 Å². The number of hydrogen-bond acceptors (Lipinski definition) is 0. The van der Waals surface area contributed by atoms with Gasteiger partial charge in [0.1, 0.15) is 0 Å². The van der Waals surface area contributed by atoms with Gasteiger partial charge in [-0.15, -0.1) is 0 Å². The second-order valence-corrected chi connectivity index (χ2v) is 10.8. The first kappa shape index (κ1) is 19.0. The minimum absolute atomic E-state index is 0.306. The van der Waals surface area contributed by atoms with E-state index in [0.29, 0.717) is 5.92 Å². The normalized spacial score (nSPS) is 12.5. The van der Waals surface area contributed by atoms with Gasteiger partial charge in [-0.25, -0.2) is 0 Å². The molecule has 5 aromatic carbocycles. The standard InChI is InChI=1S/C31H23Si/c1-3-11-24(12-4-1)32(25-13-5-2-6-14-25)26-21-19-23(20-22-26)31-29-17-9-7-15-27(29)28-16-8-10-18-30(28)31/h1-22,31H. The van der Waals surface area contributed by atoms with Gasteiger partial charge >= 0.3 is 0 Å². The van der Waals surface area contributed by atoms with E-state index in [9.17, 15) is 0 Å². The molecule has 151 valence electrons. The monoisotopic (exact) mass is 423 g/mol. The Bertz CT molecular complexity index is 1250. The highest BCUT2D eigenvalue weighted by Crippen LogP contribution is 2.47. The van der Waals surface area contributed by atoms with E-state index in [2.05, 4.69) is 133 Å². The number of rotatable bonds is 4. The first-order valence-electron chi connectivity index (χ1n) is 11.2. The molecule has 0 nitrogen and oxygen atoms in total. The average molecular weight is 424 g/mol. The molecule has 32 heavy (non-hydrogen) atoms. The third-order valence-electron chi connectivity index (χ3n) is 6.49. The summed E-state index contributed by atoms with van der Waals surface area (Å²) in [5.74, 6) is 0.306. The molecule has 0 atom stereocenters. The summed E-state index contributed by atoms with van der Waals surface area (Å²) in [7, 11) is -1.04. The van der Waals surface area contributed by atoms with Crippen LogP contribution in [0, 0.1) is 0 Å². The molecule has 0 aliphatic heterocycles. The molecule has 0 amide bonds. The predicted molar refractivity (Wildman–Crippen MR) is 137 cm³/mol. The van der Waals surface area contributed by atoms with Crippen molar-refractivity contribution in [2.75, 3.05) is 0 Å². The Morgan fingerprint density at radius 2 is 0.781 bits per heavy atom. The SMILES string of the molecule is c1ccc([Si](c2ccccc2)c2ccc(C3c4ccccc4-c4ccccc43)cc2)cc1. The fourth-order valence-electron chi connectivity index (χ4n) is 5.07. The maximum absolute atomic E-state index is 2.37. The van der Waals surface area contributed by atoms with Gasteiger partial charge in [-0.2, -0.15) is 0 Å². The molecule has 1 radical (unpaired) electrons. The van der Waals surface area contributed by atoms with Crippen molar-refractivity contribution in [1.29, 1.82) is 0 Å². The Kier molecular flexibility index (Phi) is 4.82. The molecule has 1 heteroatoms. The lowest BCUT2D eigenvalue weighted by atomic mass is 9.89. The largest absolute Gasteiger partial charge is 0.154 e. The van der Waals surface area contributed by atoms with Gasteiger partial charge in [0.05, 0.1) is 0 Å². The smallest absolute Gasteiger partial charge is 0.0624 e. The summed E-state index contributed by atoms with van der Waals surface area (Å²) in [5.41, 5.74) is 6.94. The van der Waals surface area contributed by atoms with Gasteiger partial charge in [-0.3, -0.25) is 0 Å². The van der Waals surface area contributed by atoms with E-state index in [1.54, 1.807) is 0 Å². The molecule has 0 fully saturated rings. The van der Waals surface area contributed by atoms with Gasteiger partial charge in [0.2, 0.25) is 0 Å². The lowest BCUT2D eigenvalue weighted by Crippen LogP contribution is -2.51. The maximum Gasteiger partial charge on any atom is 0.154 e. The molecule has 0 saturated carbocycles. The first-order valence-corrected chi connectivity index (χ1v) is 12.7. The topological polar surface area (TPSA) is 0 Å².